The SMILES string of the molecule is Nc1nc(NCCO)cc(-c2csc3ccccc23)n1. The Morgan fingerprint density at radius 3 is 2.95 bits per heavy atom. The highest BCUT2D eigenvalue weighted by molar-refractivity contribution is 7.17. The van der Waals surface area contributed by atoms with Gasteiger partial charge in [-0.05, 0) is 6.07 Å². The van der Waals surface area contributed by atoms with Gasteiger partial charge in [0.2, 0.25) is 5.95 Å². The minimum Gasteiger partial charge on any atom is -0.395 e. The van der Waals surface area contributed by atoms with Gasteiger partial charge in [0, 0.05) is 33.6 Å². The van der Waals surface area contributed by atoms with Crippen LogP contribution in [0.25, 0.3) is 21.3 Å². The van der Waals surface area contributed by atoms with Gasteiger partial charge in [0.05, 0.1) is 12.3 Å². The number of nitrogens with two attached hydrogens (primary N) is 1. The molecule has 2 heterocycles. The van der Waals surface area contributed by atoms with Crippen LogP contribution >= 0.6 is 11.3 Å². The molecule has 0 saturated carbocycles. The molecule has 0 aliphatic heterocycles. The lowest BCUT2D eigenvalue weighted by Gasteiger charge is -2.07. The molecular weight excluding hydrogens is 272 g/mol. The number of hydrogen-bond donors (Lipinski definition) is 3. The number of fused-ring (bicyclic) bond motifs is 1. The molecule has 0 unspecified atom stereocenters. The normalized spacial score (nSPS) is 10.8. The average molecular weight is 286 g/mol. The summed E-state index contributed by atoms with van der Waals surface area (Å²) >= 11 is 1.68. The lowest BCUT2D eigenvalue weighted by molar-refractivity contribution is 0.311. The lowest BCUT2D eigenvalue weighted by Crippen LogP contribution is -2.09. The molecule has 102 valence electrons. The summed E-state index contributed by atoms with van der Waals surface area (Å²) in [5.41, 5.74) is 7.60. The first-order chi connectivity index (χ1) is 9.78. The van der Waals surface area contributed by atoms with Crippen molar-refractivity contribution in [1.82, 2.24) is 9.97 Å². The number of aromatic nitrogens is 2. The summed E-state index contributed by atoms with van der Waals surface area (Å²) in [7, 11) is 0. The summed E-state index contributed by atoms with van der Waals surface area (Å²) in [6.45, 7) is 0.473. The van der Waals surface area contributed by atoms with E-state index in [-0.39, 0.29) is 12.6 Å². The highest BCUT2D eigenvalue weighted by atomic mass is 32.1. The number of aliphatic hydroxyl groups excluding tert-OH is 1. The number of benzene rings is 1. The van der Waals surface area contributed by atoms with Crippen LogP contribution in [-0.2, 0) is 0 Å². The van der Waals surface area contributed by atoms with Gasteiger partial charge in [-0.3, -0.25) is 0 Å². The second kappa shape index (κ2) is 5.44. The van der Waals surface area contributed by atoms with Crippen LogP contribution in [0.4, 0.5) is 11.8 Å². The van der Waals surface area contributed by atoms with Crippen LogP contribution < -0.4 is 11.1 Å². The Morgan fingerprint density at radius 1 is 1.25 bits per heavy atom. The van der Waals surface area contributed by atoms with Gasteiger partial charge in [0.1, 0.15) is 5.82 Å². The minimum atomic E-state index is 0.0423. The fraction of sp³-hybridized carbons (Fsp3) is 0.143. The molecule has 0 saturated heterocycles. The van der Waals surface area contributed by atoms with Gasteiger partial charge in [-0.15, -0.1) is 11.3 Å². The Morgan fingerprint density at radius 2 is 2.10 bits per heavy atom. The van der Waals surface area contributed by atoms with Crippen molar-refractivity contribution >= 4 is 33.2 Å². The Hall–Kier alpha value is -2.18. The van der Waals surface area contributed by atoms with E-state index in [2.05, 4.69) is 32.8 Å². The zero-order chi connectivity index (χ0) is 13.9. The van der Waals surface area contributed by atoms with E-state index in [1.54, 1.807) is 11.3 Å². The summed E-state index contributed by atoms with van der Waals surface area (Å²) in [6.07, 6.45) is 0. The molecule has 3 rings (SSSR count). The number of thiophene rings is 1. The van der Waals surface area contributed by atoms with Crippen LogP contribution in [0.1, 0.15) is 0 Å². The molecule has 0 aliphatic rings. The summed E-state index contributed by atoms with van der Waals surface area (Å²) in [6, 6.07) is 10.0. The highest BCUT2D eigenvalue weighted by Crippen LogP contribution is 2.33. The molecule has 0 amide bonds. The zero-order valence-electron chi connectivity index (χ0n) is 10.7. The second-order valence-electron chi connectivity index (χ2n) is 4.29. The lowest BCUT2D eigenvalue weighted by atomic mass is 10.1. The molecule has 3 aromatic rings. The third-order valence-corrected chi connectivity index (χ3v) is 3.88. The van der Waals surface area contributed by atoms with Gasteiger partial charge in [0.25, 0.3) is 0 Å². The van der Waals surface area contributed by atoms with Gasteiger partial charge >= 0.3 is 0 Å². The highest BCUT2D eigenvalue weighted by Gasteiger charge is 2.09. The fourth-order valence-corrected chi connectivity index (χ4v) is 3.01. The molecule has 5 nitrogen and oxygen atoms in total. The number of rotatable bonds is 4. The van der Waals surface area contributed by atoms with Crippen molar-refractivity contribution < 1.29 is 5.11 Å². The Balaban J connectivity index is 2.07. The first kappa shape index (κ1) is 12.8. The molecule has 0 aliphatic carbocycles. The van der Waals surface area contributed by atoms with Crippen molar-refractivity contribution in [3.63, 3.8) is 0 Å². The molecule has 0 radical (unpaired) electrons. The summed E-state index contributed by atoms with van der Waals surface area (Å²) in [5.74, 6) is 0.843. The van der Waals surface area contributed by atoms with Crippen molar-refractivity contribution in [2.45, 2.75) is 0 Å². The largest absolute Gasteiger partial charge is 0.395 e. The van der Waals surface area contributed by atoms with Crippen LogP contribution in [0.15, 0.2) is 35.7 Å². The number of nitrogen functional groups attached to an aromatic ring is 1. The molecular formula is C14H14N4OS. The quantitative estimate of drug-likeness (QED) is 0.685. The van der Waals surface area contributed by atoms with Crippen LogP contribution in [0.3, 0.4) is 0 Å². The van der Waals surface area contributed by atoms with Crippen LogP contribution in [0.5, 0.6) is 0 Å². The second-order valence-corrected chi connectivity index (χ2v) is 5.20. The molecule has 0 atom stereocenters. The molecule has 2 aromatic heterocycles. The maximum atomic E-state index is 8.86. The van der Waals surface area contributed by atoms with E-state index in [0.717, 1.165) is 16.6 Å². The maximum absolute atomic E-state index is 8.86. The molecule has 6 heteroatoms. The van der Waals surface area contributed by atoms with Gasteiger partial charge in [-0.1, -0.05) is 18.2 Å². The smallest absolute Gasteiger partial charge is 0.222 e. The predicted molar refractivity (Wildman–Crippen MR) is 82.8 cm³/mol. The van der Waals surface area contributed by atoms with Gasteiger partial charge < -0.3 is 16.2 Å². The van der Waals surface area contributed by atoms with E-state index < -0.39 is 0 Å². The summed E-state index contributed by atoms with van der Waals surface area (Å²) in [4.78, 5) is 8.41. The molecule has 0 spiro atoms. The predicted octanol–water partition coefficient (Wildman–Crippen LogP) is 2.34. The minimum absolute atomic E-state index is 0.0423. The first-order valence-corrected chi connectivity index (χ1v) is 7.12. The van der Waals surface area contributed by atoms with Crippen molar-refractivity contribution in [3.8, 4) is 11.3 Å². The van der Waals surface area contributed by atoms with E-state index in [9.17, 15) is 0 Å². The van der Waals surface area contributed by atoms with Gasteiger partial charge in [-0.25, -0.2) is 4.98 Å². The topological polar surface area (TPSA) is 84.1 Å². The molecule has 0 fully saturated rings. The molecule has 4 N–H and O–H groups in total. The van der Waals surface area contributed by atoms with Crippen LogP contribution in [-0.4, -0.2) is 28.2 Å². The van der Waals surface area contributed by atoms with Crippen molar-refractivity contribution in [2.75, 3.05) is 24.2 Å². The standard InChI is InChI=1S/C14H14N4OS/c15-14-17-11(7-13(18-14)16-5-6-19)10-8-20-12-4-2-1-3-9(10)12/h1-4,7-8,19H,5-6H2,(H3,15,16,17,18). The number of aliphatic hydroxyl groups is 1. The third-order valence-electron chi connectivity index (χ3n) is 2.92. The number of nitrogens with zero attached hydrogens (tertiary/aromatic N) is 2. The summed E-state index contributed by atoms with van der Waals surface area (Å²) in [5, 5.41) is 15.1. The van der Waals surface area contributed by atoms with Crippen molar-refractivity contribution in [1.29, 1.82) is 0 Å². The fourth-order valence-electron chi connectivity index (χ4n) is 2.05. The zero-order valence-corrected chi connectivity index (χ0v) is 11.5. The molecule has 0 bridgehead atoms. The van der Waals surface area contributed by atoms with Gasteiger partial charge in [-0.2, -0.15) is 4.98 Å². The van der Waals surface area contributed by atoms with E-state index in [1.807, 2.05) is 18.2 Å². The maximum Gasteiger partial charge on any atom is 0.222 e. The summed E-state index contributed by atoms with van der Waals surface area (Å²) < 4.78 is 1.21. The Bertz CT molecular complexity index is 741. The Labute approximate surface area is 120 Å². The van der Waals surface area contributed by atoms with Crippen molar-refractivity contribution in [3.05, 3.63) is 35.7 Å². The number of hydrogen-bond acceptors (Lipinski definition) is 6. The third kappa shape index (κ3) is 2.43. The van der Waals surface area contributed by atoms with Gasteiger partial charge in [0.15, 0.2) is 0 Å². The van der Waals surface area contributed by atoms with E-state index >= 15 is 0 Å². The first-order valence-electron chi connectivity index (χ1n) is 6.24. The van der Waals surface area contributed by atoms with Crippen LogP contribution in [0.2, 0.25) is 0 Å². The van der Waals surface area contributed by atoms with E-state index in [0.29, 0.717) is 12.4 Å². The Kier molecular flexibility index (Phi) is 3.49. The van der Waals surface area contributed by atoms with E-state index in [1.165, 1.54) is 4.70 Å². The number of anilines is 2. The molecule has 1 aromatic carbocycles. The van der Waals surface area contributed by atoms with Crippen LogP contribution in [0, 0.1) is 0 Å². The average Bonchev–Trinajstić information content (AvgIpc) is 2.88. The van der Waals surface area contributed by atoms with Crippen molar-refractivity contribution in [2.24, 2.45) is 0 Å². The molecule has 20 heavy (non-hydrogen) atoms. The number of nitrogens with one attached hydrogen (secondary N) is 1. The van der Waals surface area contributed by atoms with E-state index in [4.69, 9.17) is 10.8 Å². The monoisotopic (exact) mass is 286 g/mol.